The number of nitrogens with one attached hydrogen (secondary N) is 9. The summed E-state index contributed by atoms with van der Waals surface area (Å²) in [6.07, 6.45) is -1.97. The van der Waals surface area contributed by atoms with Gasteiger partial charge in [0, 0.05) is 113 Å². The first-order valence-corrected chi connectivity index (χ1v) is 35.0. The van der Waals surface area contributed by atoms with Crippen molar-refractivity contribution in [3.05, 3.63) is 102 Å². The van der Waals surface area contributed by atoms with Crippen LogP contribution in [0.2, 0.25) is 0 Å². The topological polar surface area (TPSA) is 503 Å². The van der Waals surface area contributed by atoms with Crippen molar-refractivity contribution in [1.82, 2.24) is 67.1 Å². The van der Waals surface area contributed by atoms with Gasteiger partial charge in [0.05, 0.1) is 37.2 Å². The summed E-state index contributed by atoms with van der Waals surface area (Å²) in [6, 6.07) is 7.79. The summed E-state index contributed by atoms with van der Waals surface area (Å²) in [4.78, 5) is 175. The maximum absolute atomic E-state index is 15.3. The molecule has 10 atom stereocenters. The number of phenolic OH excluding ortho intramolecular Hbond substituents is 1. The summed E-state index contributed by atoms with van der Waals surface area (Å²) < 4.78 is 0. The second-order valence-electron chi connectivity index (χ2n) is 24.4. The molecule has 4 aromatic rings. The number of carboxylic acids is 4. The van der Waals surface area contributed by atoms with Crippen LogP contribution in [-0.2, 0) is 93.9 Å². The van der Waals surface area contributed by atoms with Crippen molar-refractivity contribution in [2.75, 3.05) is 96.6 Å². The molecule has 2 saturated heterocycles. The zero-order chi connectivity index (χ0) is 73.0. The molecular formula is C65H88CuN14O19S2. The van der Waals surface area contributed by atoms with E-state index in [-0.39, 0.29) is 114 Å². The molecule has 3 heterocycles. The molecule has 2 fully saturated rings. The molecular weight excluding hydrogens is 1410 g/mol. The van der Waals surface area contributed by atoms with E-state index in [1.165, 1.54) is 39.0 Å². The number of aliphatic hydroxyl groups is 2. The van der Waals surface area contributed by atoms with Gasteiger partial charge in [-0.15, -0.1) is 0 Å². The number of amides is 8. The van der Waals surface area contributed by atoms with Gasteiger partial charge in [-0.2, -0.15) is 0 Å². The molecule has 101 heavy (non-hydrogen) atoms. The zero-order valence-corrected chi connectivity index (χ0v) is 58.2. The number of para-hydroxylation sites is 1. The average molecular weight is 1500 g/mol. The molecule has 2 unspecified atom stereocenters. The Kier molecular flexibility index (Phi) is 34.7. The van der Waals surface area contributed by atoms with E-state index in [9.17, 15) is 78.9 Å². The minimum absolute atomic E-state index is 0. The van der Waals surface area contributed by atoms with Crippen LogP contribution >= 0.6 is 21.6 Å². The minimum Gasteiger partial charge on any atom is -0.549 e. The molecule has 8 amide bonds. The minimum atomic E-state index is -1.91. The number of aromatic amines is 1. The number of unbranched alkanes of at least 4 members (excludes halogenated alkanes) is 1. The largest absolute Gasteiger partial charge is 2.00 e. The van der Waals surface area contributed by atoms with Crippen LogP contribution < -0.4 is 58.5 Å². The van der Waals surface area contributed by atoms with Crippen molar-refractivity contribution in [1.29, 1.82) is 0 Å². The molecule has 0 saturated carbocycles. The van der Waals surface area contributed by atoms with Crippen LogP contribution in [0, 0.1) is 0 Å². The maximum Gasteiger partial charge on any atom is 2.00 e. The number of aliphatic hydroxyl groups excluding tert-OH is 2. The molecule has 1 aromatic heterocycles. The van der Waals surface area contributed by atoms with Crippen molar-refractivity contribution in [2.45, 2.75) is 113 Å². The number of benzene rings is 3. The van der Waals surface area contributed by atoms with Gasteiger partial charge in [-0.25, -0.2) is 4.79 Å². The Hall–Kier alpha value is -8.42. The predicted octanol–water partition coefficient (Wildman–Crippen LogP) is -6.05. The van der Waals surface area contributed by atoms with Gasteiger partial charge < -0.3 is 98.6 Å². The summed E-state index contributed by atoms with van der Waals surface area (Å²) in [6.45, 7) is 0.688. The van der Waals surface area contributed by atoms with Crippen LogP contribution in [0.3, 0.4) is 0 Å². The van der Waals surface area contributed by atoms with E-state index in [1.54, 1.807) is 65.7 Å². The Morgan fingerprint density at radius 1 is 0.614 bits per heavy atom. The van der Waals surface area contributed by atoms with E-state index in [0.29, 0.717) is 34.0 Å². The number of carbonyl (C=O) groups excluding carboxylic acids is 10. The molecule has 36 heteroatoms. The Balaban J connectivity index is 0.0000184. The number of hydrogen-bond donors (Lipinski definition) is 15. The van der Waals surface area contributed by atoms with E-state index in [2.05, 4.69) is 47.5 Å². The van der Waals surface area contributed by atoms with Gasteiger partial charge >= 0.3 is 29.0 Å². The van der Waals surface area contributed by atoms with Gasteiger partial charge in [0.25, 0.3) is 0 Å². The Morgan fingerprint density at radius 3 is 1.71 bits per heavy atom. The maximum atomic E-state index is 15.3. The van der Waals surface area contributed by atoms with Crippen LogP contribution in [0.1, 0.15) is 49.8 Å². The van der Waals surface area contributed by atoms with Crippen molar-refractivity contribution in [3.63, 3.8) is 0 Å². The summed E-state index contributed by atoms with van der Waals surface area (Å²) in [5.41, 5.74) is 7.93. The fourth-order valence-corrected chi connectivity index (χ4v) is 13.4. The molecule has 0 aliphatic carbocycles. The molecule has 0 spiro atoms. The molecule has 2 aliphatic heterocycles. The first-order chi connectivity index (χ1) is 47.7. The van der Waals surface area contributed by atoms with E-state index in [1.807, 2.05) is 0 Å². The van der Waals surface area contributed by atoms with Gasteiger partial charge in [0.15, 0.2) is 6.04 Å². The molecule has 33 nitrogen and oxygen atoms in total. The third kappa shape index (κ3) is 28.1. The van der Waals surface area contributed by atoms with Gasteiger partial charge in [-0.3, -0.25) is 62.8 Å². The fourth-order valence-electron chi connectivity index (χ4n) is 11.1. The van der Waals surface area contributed by atoms with Crippen molar-refractivity contribution in [3.8, 4) is 5.75 Å². The number of aromatic nitrogens is 1. The van der Waals surface area contributed by atoms with E-state index >= 15 is 14.4 Å². The molecule has 0 bridgehead atoms. The SMILES string of the molecule is C[C@@H](O)C(NC(=O)[C@@H]1CSSC[C@H](NC(=O)[C@@H](Cc2ccccc2)NC(=O)CN2CCN(CC(=O)[O-])CCN(CC(=O)O)CCN(CC(=O)[O-])CC2)C(=O)N[C@@H](Cc2ccc(O)cc2)C(=O)N[C@H](Cc2c[nH]c3ccccc23)C(=O)N[C@@H](CCCCN)C(=O)NC([C@@H](C)O)C(=O)N1)C(=O)O.[64Cu+2]. The van der Waals surface area contributed by atoms with E-state index < -0.39 is 169 Å². The smallest absolute Gasteiger partial charge is 0.549 e. The number of H-pyrrole nitrogens is 1. The number of carboxylic acid groups (broad SMARTS) is 4. The summed E-state index contributed by atoms with van der Waals surface area (Å²) in [5.74, 6) is -14.6. The van der Waals surface area contributed by atoms with Crippen molar-refractivity contribution in [2.24, 2.45) is 5.73 Å². The Bertz CT molecular complexity index is 3420. The number of phenols is 1. The average Bonchev–Trinajstić information content (AvgIpc) is 1.75. The summed E-state index contributed by atoms with van der Waals surface area (Å²) in [5, 5.41) is 96.5. The Labute approximate surface area is 600 Å². The van der Waals surface area contributed by atoms with Gasteiger partial charge in [0.1, 0.15) is 48.0 Å². The molecule has 2 aliphatic rings. The van der Waals surface area contributed by atoms with E-state index in [4.69, 9.17) is 5.73 Å². The molecule has 555 valence electrons. The molecule has 1 radical (unpaired) electrons. The number of fused-ring (bicyclic) bond motifs is 1. The second kappa shape index (κ2) is 42.1. The van der Waals surface area contributed by atoms with Crippen LogP contribution in [-0.4, -0.2) is 278 Å². The Morgan fingerprint density at radius 2 is 1.15 bits per heavy atom. The number of aliphatic carboxylic acids is 4. The predicted molar refractivity (Wildman–Crippen MR) is 362 cm³/mol. The van der Waals surface area contributed by atoms with Crippen molar-refractivity contribution < 1.29 is 110 Å². The third-order valence-electron chi connectivity index (χ3n) is 16.5. The number of nitrogens with zero attached hydrogens (tertiary/aromatic N) is 4. The van der Waals surface area contributed by atoms with Crippen LogP contribution in [0.15, 0.2) is 85.1 Å². The number of nitrogens with two attached hydrogens (primary N) is 1. The van der Waals surface area contributed by atoms with Crippen molar-refractivity contribution >= 4 is 104 Å². The normalized spacial score (nSPS) is 21.7. The molecule has 16 N–H and O–H groups in total. The van der Waals surface area contributed by atoms with Gasteiger partial charge in [0.2, 0.25) is 47.3 Å². The van der Waals surface area contributed by atoms with Crippen LogP contribution in [0.5, 0.6) is 5.75 Å². The third-order valence-corrected chi connectivity index (χ3v) is 19.0. The number of carbonyl (C=O) groups is 12. The first-order valence-electron chi connectivity index (χ1n) is 32.5. The van der Waals surface area contributed by atoms with Crippen LogP contribution in [0.25, 0.3) is 10.9 Å². The molecule has 3 aromatic carbocycles. The first kappa shape index (κ1) is 83.2. The van der Waals surface area contributed by atoms with Crippen LogP contribution in [0.4, 0.5) is 0 Å². The summed E-state index contributed by atoms with van der Waals surface area (Å²) >= 11 is 0. The van der Waals surface area contributed by atoms with E-state index in [0.717, 1.165) is 35.4 Å². The summed E-state index contributed by atoms with van der Waals surface area (Å²) in [7, 11) is 1.64. The van der Waals surface area contributed by atoms with Gasteiger partial charge in [-0.05, 0) is 74.5 Å². The number of aromatic hydroxyl groups is 1. The molecule has 6 rings (SSSR count). The number of rotatable bonds is 26. The zero-order valence-electron chi connectivity index (χ0n) is 55.6. The van der Waals surface area contributed by atoms with Gasteiger partial charge in [-0.1, -0.05) is 82.3 Å². The second-order valence-corrected chi connectivity index (χ2v) is 27.0. The quantitative estimate of drug-likeness (QED) is 0.0158. The fraction of sp³-hybridized carbons (Fsp3) is 0.508. The standard InChI is InChI=1S/C65H90N14O19S2.Cu/c1-38(80)56-64(96)73-51(63(95)75-57(39(2)81)65(97)98)37-100-99-36-50(72-59(91)47(28-40-10-4-3-5-11-40)68-52(83)32-76-20-22-77(33-53(84)85)24-26-79(35-55(88)89)27-25-78(23-21-76)34-54(86)87)62(94)70-48(29-41-15-17-43(82)18-16-41)60(92)71-49(30-42-31-67-45-13-7-6-12-44(42)45)61(93)69-46(58(90)74-56)14-8-9-19-66;/h3-7,10-13,15-18,31,38-39,46-51,56-57,67,80-82H,8-9,14,19-30,32-37,66H2,1-2H3,(H,68,83)(H,69,93)(H,70,94)(H,71,92)(H,72,91)(H,73,96)(H,74,90)(H,75,95)(H,84,85)(H,86,87)(H,88,89)(H,97,98);/q;+2/p-2/t38-,39-,46+,47-,48+,49-,50+,51+,56?,57?;/m1./s1/i;1+0. The number of hydrogen-bond acceptors (Lipinski definition) is 24. The monoisotopic (exact) mass is 1500 g/mol.